The fourth-order valence-corrected chi connectivity index (χ4v) is 2.53. The Bertz CT molecular complexity index is 584. The van der Waals surface area contributed by atoms with Gasteiger partial charge in [0.25, 0.3) is 5.91 Å². The smallest absolute Gasteiger partial charge is 0.308 e. The van der Waals surface area contributed by atoms with Crippen LogP contribution in [0.1, 0.15) is 35.7 Å². The lowest BCUT2D eigenvalue weighted by Crippen LogP contribution is -2.38. The van der Waals surface area contributed by atoms with Crippen molar-refractivity contribution >= 4 is 11.9 Å². The third-order valence-electron chi connectivity index (χ3n) is 4.14. The van der Waals surface area contributed by atoms with Crippen LogP contribution < -0.4 is 9.47 Å². The molecule has 1 aromatic carbocycles. The molecule has 1 saturated carbocycles. The molecule has 0 spiro atoms. The molecule has 1 aliphatic rings. The lowest BCUT2D eigenvalue weighted by molar-refractivity contribution is -0.141. The lowest BCUT2D eigenvalue weighted by Gasteiger charge is -2.25. The summed E-state index contributed by atoms with van der Waals surface area (Å²) in [5, 5.41) is 9.11. The molecular formula is C17H23NO5. The highest BCUT2D eigenvalue weighted by Gasteiger charge is 2.35. The number of amides is 1. The molecule has 1 fully saturated rings. The van der Waals surface area contributed by atoms with Gasteiger partial charge in [-0.25, -0.2) is 0 Å². The second-order valence-corrected chi connectivity index (χ2v) is 5.93. The second-order valence-electron chi connectivity index (χ2n) is 5.93. The standard InChI is InChI=1S/C17H23NO5/c1-10(17(20)21)9-18(13-5-6-13)16(19)12-7-14(22-3)11(2)15(8-12)23-4/h7-8,10,13H,5-6,9H2,1-4H3,(H,20,21). The average molecular weight is 321 g/mol. The van der Waals surface area contributed by atoms with Gasteiger partial charge in [0.05, 0.1) is 20.1 Å². The van der Waals surface area contributed by atoms with Crippen LogP contribution in [0, 0.1) is 12.8 Å². The van der Waals surface area contributed by atoms with Crippen molar-refractivity contribution in [3.05, 3.63) is 23.3 Å². The molecular weight excluding hydrogens is 298 g/mol. The van der Waals surface area contributed by atoms with Gasteiger partial charge >= 0.3 is 5.97 Å². The summed E-state index contributed by atoms with van der Waals surface area (Å²) < 4.78 is 10.6. The van der Waals surface area contributed by atoms with Gasteiger partial charge in [-0.3, -0.25) is 9.59 Å². The Morgan fingerprint density at radius 2 is 1.78 bits per heavy atom. The minimum atomic E-state index is -0.900. The maximum Gasteiger partial charge on any atom is 0.308 e. The van der Waals surface area contributed by atoms with Gasteiger partial charge in [0, 0.05) is 23.7 Å². The molecule has 0 bridgehead atoms. The number of rotatable bonds is 7. The predicted molar refractivity (Wildman–Crippen MR) is 85.1 cm³/mol. The van der Waals surface area contributed by atoms with Crippen molar-refractivity contribution < 1.29 is 24.2 Å². The minimum absolute atomic E-state index is 0.127. The van der Waals surface area contributed by atoms with E-state index in [4.69, 9.17) is 14.6 Å². The maximum atomic E-state index is 12.9. The van der Waals surface area contributed by atoms with Crippen molar-refractivity contribution in [3.63, 3.8) is 0 Å². The van der Waals surface area contributed by atoms with E-state index in [-0.39, 0.29) is 18.5 Å². The van der Waals surface area contributed by atoms with Gasteiger partial charge in [0.15, 0.2) is 0 Å². The Morgan fingerprint density at radius 1 is 1.26 bits per heavy atom. The van der Waals surface area contributed by atoms with E-state index in [1.165, 1.54) is 0 Å². The molecule has 0 aromatic heterocycles. The molecule has 1 N–H and O–H groups in total. The number of carbonyl (C=O) groups excluding carboxylic acids is 1. The number of methoxy groups -OCH3 is 2. The van der Waals surface area contributed by atoms with Crippen LogP contribution in [0.25, 0.3) is 0 Å². The van der Waals surface area contributed by atoms with Crippen LogP contribution in [0.5, 0.6) is 11.5 Å². The molecule has 6 heteroatoms. The van der Waals surface area contributed by atoms with Crippen molar-refractivity contribution in [3.8, 4) is 11.5 Å². The number of hydrogen-bond donors (Lipinski definition) is 1. The van der Waals surface area contributed by atoms with E-state index >= 15 is 0 Å². The molecule has 1 unspecified atom stereocenters. The van der Waals surface area contributed by atoms with Gasteiger partial charge in [-0.05, 0) is 31.9 Å². The molecule has 1 aliphatic carbocycles. The summed E-state index contributed by atoms with van der Waals surface area (Å²) in [6.45, 7) is 3.68. The van der Waals surface area contributed by atoms with Gasteiger partial charge in [0.1, 0.15) is 11.5 Å². The third kappa shape index (κ3) is 3.75. The summed E-state index contributed by atoms with van der Waals surface area (Å²) in [7, 11) is 3.09. The number of carbonyl (C=O) groups is 2. The van der Waals surface area contributed by atoms with Crippen LogP contribution >= 0.6 is 0 Å². The van der Waals surface area contributed by atoms with Gasteiger partial charge < -0.3 is 19.5 Å². The van der Waals surface area contributed by atoms with Crippen molar-refractivity contribution in [1.82, 2.24) is 4.90 Å². The summed E-state index contributed by atoms with van der Waals surface area (Å²) in [4.78, 5) is 25.6. The number of benzene rings is 1. The first-order valence-electron chi connectivity index (χ1n) is 7.65. The van der Waals surface area contributed by atoms with Gasteiger partial charge in [-0.2, -0.15) is 0 Å². The zero-order valence-corrected chi connectivity index (χ0v) is 14.0. The Balaban J connectivity index is 2.31. The Hall–Kier alpha value is -2.24. The molecule has 6 nitrogen and oxygen atoms in total. The zero-order chi connectivity index (χ0) is 17.1. The molecule has 1 atom stereocenters. The first kappa shape index (κ1) is 17.1. The molecule has 0 heterocycles. The van der Waals surface area contributed by atoms with E-state index < -0.39 is 11.9 Å². The van der Waals surface area contributed by atoms with Crippen molar-refractivity contribution in [1.29, 1.82) is 0 Å². The Labute approximate surface area is 136 Å². The first-order chi connectivity index (χ1) is 10.9. The average Bonchev–Trinajstić information content (AvgIpc) is 3.36. The van der Waals surface area contributed by atoms with E-state index in [9.17, 15) is 9.59 Å². The number of ether oxygens (including phenoxy) is 2. The monoisotopic (exact) mass is 321 g/mol. The summed E-state index contributed by atoms with van der Waals surface area (Å²) in [5.74, 6) is -0.530. The van der Waals surface area contributed by atoms with Crippen LogP contribution in [0.4, 0.5) is 0 Å². The lowest BCUT2D eigenvalue weighted by atomic mass is 10.1. The second kappa shape index (κ2) is 6.89. The van der Waals surface area contributed by atoms with Crippen LogP contribution in [-0.4, -0.2) is 48.7 Å². The highest BCUT2D eigenvalue weighted by Crippen LogP contribution is 2.33. The van der Waals surface area contributed by atoms with E-state index in [2.05, 4.69) is 0 Å². The fraction of sp³-hybridized carbons (Fsp3) is 0.529. The molecule has 0 radical (unpaired) electrons. The highest BCUT2D eigenvalue weighted by molar-refractivity contribution is 5.96. The van der Waals surface area contributed by atoms with Crippen LogP contribution in [0.2, 0.25) is 0 Å². The molecule has 23 heavy (non-hydrogen) atoms. The molecule has 1 aromatic rings. The molecule has 2 rings (SSSR count). The van der Waals surface area contributed by atoms with Crippen molar-refractivity contribution in [2.75, 3.05) is 20.8 Å². The number of hydrogen-bond acceptors (Lipinski definition) is 4. The minimum Gasteiger partial charge on any atom is -0.496 e. The van der Waals surface area contributed by atoms with E-state index in [1.807, 2.05) is 6.92 Å². The zero-order valence-electron chi connectivity index (χ0n) is 14.0. The third-order valence-corrected chi connectivity index (χ3v) is 4.14. The molecule has 1 amide bonds. The number of carboxylic acids is 1. The predicted octanol–water partition coefficient (Wildman–Crippen LogP) is 2.34. The number of aliphatic carboxylic acids is 1. The fourth-order valence-electron chi connectivity index (χ4n) is 2.53. The number of nitrogens with zero attached hydrogens (tertiary/aromatic N) is 1. The molecule has 0 aliphatic heterocycles. The van der Waals surface area contributed by atoms with Crippen LogP contribution in [-0.2, 0) is 4.79 Å². The summed E-state index contributed by atoms with van der Waals surface area (Å²) >= 11 is 0. The summed E-state index contributed by atoms with van der Waals surface area (Å²) in [6.07, 6.45) is 1.83. The number of carboxylic acid groups (broad SMARTS) is 1. The van der Waals surface area contributed by atoms with Gasteiger partial charge in [-0.15, -0.1) is 0 Å². The van der Waals surface area contributed by atoms with E-state index in [1.54, 1.807) is 38.2 Å². The quantitative estimate of drug-likeness (QED) is 0.834. The van der Waals surface area contributed by atoms with Gasteiger partial charge in [-0.1, -0.05) is 6.92 Å². The molecule has 0 saturated heterocycles. The highest BCUT2D eigenvalue weighted by atomic mass is 16.5. The largest absolute Gasteiger partial charge is 0.496 e. The summed E-state index contributed by atoms with van der Waals surface area (Å²) in [5.41, 5.74) is 1.28. The van der Waals surface area contributed by atoms with Crippen LogP contribution in [0.3, 0.4) is 0 Å². The van der Waals surface area contributed by atoms with Crippen molar-refractivity contribution in [2.24, 2.45) is 5.92 Å². The van der Waals surface area contributed by atoms with Crippen LogP contribution in [0.15, 0.2) is 12.1 Å². The SMILES string of the molecule is COc1cc(C(=O)N(CC(C)C(=O)O)C2CC2)cc(OC)c1C. The van der Waals surface area contributed by atoms with E-state index in [0.717, 1.165) is 18.4 Å². The van der Waals surface area contributed by atoms with E-state index in [0.29, 0.717) is 17.1 Å². The van der Waals surface area contributed by atoms with Gasteiger partial charge in [0.2, 0.25) is 0 Å². The summed E-state index contributed by atoms with van der Waals surface area (Å²) in [6, 6.07) is 3.49. The Morgan fingerprint density at radius 3 is 2.17 bits per heavy atom. The molecule has 126 valence electrons. The first-order valence-corrected chi connectivity index (χ1v) is 7.65. The van der Waals surface area contributed by atoms with Crippen molar-refractivity contribution in [2.45, 2.75) is 32.7 Å². The normalized spacial score (nSPS) is 15.0. The topological polar surface area (TPSA) is 76.1 Å². The maximum absolute atomic E-state index is 12.9. The Kier molecular flexibility index (Phi) is 5.13.